The van der Waals surface area contributed by atoms with E-state index >= 15 is 0 Å². The Morgan fingerprint density at radius 1 is 1.18 bits per heavy atom. The molecule has 1 aromatic carbocycles. The Labute approximate surface area is 135 Å². The number of hydrogen-bond acceptors (Lipinski definition) is 2. The van der Waals surface area contributed by atoms with E-state index in [-0.39, 0.29) is 0 Å². The lowest BCUT2D eigenvalue weighted by Crippen LogP contribution is -2.40. The molecule has 1 heterocycles. The van der Waals surface area contributed by atoms with Gasteiger partial charge in [-0.05, 0) is 69.1 Å². The molecular weight excluding hydrogens is 268 g/mol. The highest BCUT2D eigenvalue weighted by Crippen LogP contribution is 2.18. The van der Waals surface area contributed by atoms with E-state index in [1.54, 1.807) is 6.20 Å². The average molecular weight is 296 g/mol. The van der Waals surface area contributed by atoms with E-state index in [9.17, 15) is 0 Å². The van der Waals surface area contributed by atoms with E-state index in [2.05, 4.69) is 34.8 Å². The van der Waals surface area contributed by atoms with Crippen LogP contribution in [0.25, 0.3) is 0 Å². The molecule has 2 rings (SSSR count). The summed E-state index contributed by atoms with van der Waals surface area (Å²) in [6.45, 7) is 7.27. The van der Waals surface area contributed by atoms with Crippen LogP contribution in [-0.4, -0.2) is 30.6 Å². The van der Waals surface area contributed by atoms with Crippen LogP contribution in [0, 0.1) is 12.3 Å². The summed E-state index contributed by atoms with van der Waals surface area (Å²) in [4.78, 5) is 2.68. The van der Waals surface area contributed by atoms with E-state index in [4.69, 9.17) is 6.42 Å². The molecule has 1 aliphatic rings. The third kappa shape index (κ3) is 5.24. The highest BCUT2D eigenvalue weighted by molar-refractivity contribution is 5.34. The molecule has 1 atom stereocenters. The van der Waals surface area contributed by atoms with Gasteiger partial charge >= 0.3 is 0 Å². The summed E-state index contributed by atoms with van der Waals surface area (Å²) in [5.74, 6) is 2.68. The highest BCUT2D eigenvalue weighted by atomic mass is 15.2. The van der Waals surface area contributed by atoms with Crippen molar-refractivity contribution < 1.29 is 0 Å². The molecule has 2 heteroatoms. The zero-order valence-corrected chi connectivity index (χ0v) is 13.6. The molecule has 1 aromatic rings. The normalized spacial score (nSPS) is 16.7. The van der Waals surface area contributed by atoms with Crippen molar-refractivity contribution in [2.75, 3.05) is 19.6 Å². The lowest BCUT2D eigenvalue weighted by molar-refractivity contribution is 0.148. The maximum Gasteiger partial charge on any atom is 0.0242 e. The molecule has 2 nitrogen and oxygen atoms in total. The van der Waals surface area contributed by atoms with Gasteiger partial charge in [-0.15, -0.1) is 6.42 Å². The molecule has 0 aromatic heterocycles. The van der Waals surface area contributed by atoms with Gasteiger partial charge in [-0.2, -0.15) is 0 Å². The standard InChI is InChI=1S/C20H28N2/c1-3-18-8-10-19(11-9-18)12-13-20(14-15-21-4-2)22-16-6-5-7-17-22/h1,4,8-11,20-21H,2,5-7,12-17H2. The quantitative estimate of drug-likeness (QED) is 0.583. The average Bonchev–Trinajstić information content (AvgIpc) is 2.59. The van der Waals surface area contributed by atoms with Gasteiger partial charge in [0.15, 0.2) is 0 Å². The Kier molecular flexibility index (Phi) is 7.06. The van der Waals surface area contributed by atoms with Crippen LogP contribution in [0.5, 0.6) is 0 Å². The molecule has 1 N–H and O–H groups in total. The number of rotatable bonds is 8. The lowest BCUT2D eigenvalue weighted by atomic mass is 9.98. The minimum absolute atomic E-state index is 0.667. The first-order chi connectivity index (χ1) is 10.8. The van der Waals surface area contributed by atoms with Crippen LogP contribution in [0.3, 0.4) is 0 Å². The molecule has 0 amide bonds. The first kappa shape index (κ1) is 16.6. The number of nitrogens with zero attached hydrogens (tertiary/aromatic N) is 1. The van der Waals surface area contributed by atoms with Crippen LogP contribution in [0.2, 0.25) is 0 Å². The number of hydrogen-bond donors (Lipinski definition) is 1. The third-order valence-corrected chi connectivity index (χ3v) is 4.56. The van der Waals surface area contributed by atoms with Crippen molar-refractivity contribution >= 4 is 0 Å². The predicted molar refractivity (Wildman–Crippen MR) is 94.7 cm³/mol. The van der Waals surface area contributed by atoms with Crippen molar-refractivity contribution in [2.24, 2.45) is 0 Å². The van der Waals surface area contributed by atoms with Crippen LogP contribution < -0.4 is 5.32 Å². The van der Waals surface area contributed by atoms with Gasteiger partial charge in [0.05, 0.1) is 0 Å². The number of terminal acetylenes is 1. The van der Waals surface area contributed by atoms with Gasteiger partial charge in [0.2, 0.25) is 0 Å². The number of benzene rings is 1. The van der Waals surface area contributed by atoms with Gasteiger partial charge in [-0.25, -0.2) is 0 Å². The third-order valence-electron chi connectivity index (χ3n) is 4.56. The molecule has 1 fully saturated rings. The second kappa shape index (κ2) is 9.33. The number of likely N-dealkylation sites (tertiary alicyclic amines) is 1. The Morgan fingerprint density at radius 2 is 1.91 bits per heavy atom. The Morgan fingerprint density at radius 3 is 2.55 bits per heavy atom. The Hall–Kier alpha value is -1.72. The van der Waals surface area contributed by atoms with E-state index in [1.807, 2.05) is 12.1 Å². The van der Waals surface area contributed by atoms with Gasteiger partial charge in [-0.3, -0.25) is 0 Å². The van der Waals surface area contributed by atoms with Crippen LogP contribution >= 0.6 is 0 Å². The number of aryl methyl sites for hydroxylation is 1. The Balaban J connectivity index is 1.89. The molecule has 0 radical (unpaired) electrons. The van der Waals surface area contributed by atoms with Crippen molar-refractivity contribution in [3.63, 3.8) is 0 Å². The minimum atomic E-state index is 0.667. The molecule has 1 saturated heterocycles. The molecule has 118 valence electrons. The highest BCUT2D eigenvalue weighted by Gasteiger charge is 2.20. The van der Waals surface area contributed by atoms with E-state index < -0.39 is 0 Å². The van der Waals surface area contributed by atoms with Gasteiger partial charge < -0.3 is 10.2 Å². The van der Waals surface area contributed by atoms with Gasteiger partial charge in [0.25, 0.3) is 0 Å². The summed E-state index contributed by atoms with van der Waals surface area (Å²) in [5, 5.41) is 3.25. The fourth-order valence-electron chi connectivity index (χ4n) is 3.25. The maximum atomic E-state index is 5.42. The monoisotopic (exact) mass is 296 g/mol. The molecule has 0 aliphatic carbocycles. The number of piperidine rings is 1. The molecule has 1 unspecified atom stereocenters. The fraction of sp³-hybridized carbons (Fsp3) is 0.500. The Bertz CT molecular complexity index is 477. The molecular formula is C20H28N2. The van der Waals surface area contributed by atoms with Crippen LogP contribution in [-0.2, 0) is 6.42 Å². The van der Waals surface area contributed by atoms with Crippen LogP contribution in [0.1, 0.15) is 43.2 Å². The first-order valence-electron chi connectivity index (χ1n) is 8.47. The van der Waals surface area contributed by atoms with Gasteiger partial charge in [0, 0.05) is 18.2 Å². The zero-order valence-electron chi connectivity index (χ0n) is 13.6. The summed E-state index contributed by atoms with van der Waals surface area (Å²) in [6, 6.07) is 9.10. The lowest BCUT2D eigenvalue weighted by Gasteiger charge is -2.35. The van der Waals surface area contributed by atoms with Crippen molar-refractivity contribution in [2.45, 2.75) is 44.6 Å². The molecule has 0 bridgehead atoms. The minimum Gasteiger partial charge on any atom is -0.391 e. The summed E-state index contributed by atoms with van der Waals surface area (Å²) < 4.78 is 0. The second-order valence-corrected chi connectivity index (χ2v) is 6.08. The summed E-state index contributed by atoms with van der Waals surface area (Å²) in [7, 11) is 0. The largest absolute Gasteiger partial charge is 0.391 e. The van der Waals surface area contributed by atoms with Crippen molar-refractivity contribution in [3.05, 3.63) is 48.2 Å². The SMILES string of the molecule is C#Cc1ccc(CCC(CCNC=C)N2CCCCC2)cc1. The topological polar surface area (TPSA) is 15.3 Å². The summed E-state index contributed by atoms with van der Waals surface area (Å²) >= 11 is 0. The van der Waals surface area contributed by atoms with Crippen molar-refractivity contribution in [1.82, 2.24) is 10.2 Å². The van der Waals surface area contributed by atoms with Crippen molar-refractivity contribution in [3.8, 4) is 12.3 Å². The van der Waals surface area contributed by atoms with Crippen LogP contribution in [0.15, 0.2) is 37.0 Å². The molecule has 22 heavy (non-hydrogen) atoms. The zero-order chi connectivity index (χ0) is 15.6. The molecule has 1 aliphatic heterocycles. The summed E-state index contributed by atoms with van der Waals surface area (Å²) in [5.41, 5.74) is 2.35. The summed E-state index contributed by atoms with van der Waals surface area (Å²) in [6.07, 6.45) is 14.8. The predicted octanol–water partition coefficient (Wildman–Crippen LogP) is 3.58. The fourth-order valence-corrected chi connectivity index (χ4v) is 3.25. The van der Waals surface area contributed by atoms with E-state index in [0.717, 1.165) is 18.5 Å². The van der Waals surface area contributed by atoms with Crippen molar-refractivity contribution in [1.29, 1.82) is 0 Å². The van der Waals surface area contributed by atoms with E-state index in [1.165, 1.54) is 50.8 Å². The molecule has 0 saturated carbocycles. The number of nitrogens with one attached hydrogen (secondary N) is 1. The van der Waals surface area contributed by atoms with Gasteiger partial charge in [0.1, 0.15) is 0 Å². The van der Waals surface area contributed by atoms with E-state index in [0.29, 0.717) is 6.04 Å². The van der Waals surface area contributed by atoms with Crippen LogP contribution in [0.4, 0.5) is 0 Å². The maximum absolute atomic E-state index is 5.42. The van der Waals surface area contributed by atoms with Gasteiger partial charge in [-0.1, -0.05) is 31.1 Å². The smallest absolute Gasteiger partial charge is 0.0242 e. The molecule has 0 spiro atoms. The first-order valence-corrected chi connectivity index (χ1v) is 8.47. The second-order valence-electron chi connectivity index (χ2n) is 6.08.